The Morgan fingerprint density at radius 1 is 1.05 bits per heavy atom. The van der Waals surface area contributed by atoms with E-state index >= 15 is 0 Å². The van der Waals surface area contributed by atoms with E-state index in [0.29, 0.717) is 17.0 Å². The topological polar surface area (TPSA) is 29.4 Å². The number of halogens is 1. The van der Waals surface area contributed by atoms with Crippen molar-refractivity contribution in [1.29, 1.82) is 0 Å². The zero-order valence-corrected chi connectivity index (χ0v) is 12.3. The number of aryl methyl sites for hydroxylation is 1. The van der Waals surface area contributed by atoms with Crippen molar-refractivity contribution in [2.45, 2.75) is 20.3 Å². The molecular formula is C17H16ClNO. The molecule has 0 heterocycles. The molecule has 0 spiro atoms. The van der Waals surface area contributed by atoms with Crippen molar-refractivity contribution >= 4 is 28.8 Å². The number of hydrogen-bond acceptors (Lipinski definition) is 2. The van der Waals surface area contributed by atoms with Gasteiger partial charge < -0.3 is 0 Å². The van der Waals surface area contributed by atoms with Crippen molar-refractivity contribution in [3.05, 3.63) is 64.7 Å². The molecule has 2 nitrogen and oxygen atoms in total. The molecule has 102 valence electrons. The van der Waals surface area contributed by atoms with Gasteiger partial charge in [-0.1, -0.05) is 29.3 Å². The fraction of sp³-hybridized carbons (Fsp3) is 0.176. The predicted octanol–water partition coefficient (Wildman–Crippen LogP) is 5.01. The van der Waals surface area contributed by atoms with E-state index in [2.05, 4.69) is 4.99 Å². The first-order valence-electron chi connectivity index (χ1n) is 6.44. The summed E-state index contributed by atoms with van der Waals surface area (Å²) in [5, 5.41) is 0.631. The van der Waals surface area contributed by atoms with E-state index in [9.17, 15) is 4.79 Å². The Morgan fingerprint density at radius 3 is 2.25 bits per heavy atom. The maximum absolute atomic E-state index is 12.1. The highest BCUT2D eigenvalue weighted by atomic mass is 35.5. The second-order valence-corrected chi connectivity index (χ2v) is 5.23. The fourth-order valence-electron chi connectivity index (χ4n) is 1.85. The van der Waals surface area contributed by atoms with Gasteiger partial charge in [0.15, 0.2) is 5.78 Å². The summed E-state index contributed by atoms with van der Waals surface area (Å²) < 4.78 is 0. The summed E-state index contributed by atoms with van der Waals surface area (Å²) in [6.45, 7) is 3.90. The largest absolute Gasteiger partial charge is 0.294 e. The molecule has 0 radical (unpaired) electrons. The number of ketones is 1. The van der Waals surface area contributed by atoms with Crippen LogP contribution in [0, 0.1) is 6.92 Å². The van der Waals surface area contributed by atoms with Crippen LogP contribution in [-0.4, -0.2) is 11.5 Å². The lowest BCUT2D eigenvalue weighted by Crippen LogP contribution is -2.04. The molecule has 0 atom stereocenters. The molecule has 0 bridgehead atoms. The average molecular weight is 286 g/mol. The van der Waals surface area contributed by atoms with Crippen LogP contribution < -0.4 is 0 Å². The van der Waals surface area contributed by atoms with E-state index < -0.39 is 0 Å². The second kappa shape index (κ2) is 6.49. The zero-order valence-electron chi connectivity index (χ0n) is 11.6. The van der Waals surface area contributed by atoms with Gasteiger partial charge in [-0.15, -0.1) is 0 Å². The normalized spacial score (nSPS) is 11.4. The minimum absolute atomic E-state index is 0.0510. The van der Waals surface area contributed by atoms with Crippen LogP contribution in [0.15, 0.2) is 53.5 Å². The lowest BCUT2D eigenvalue weighted by molar-refractivity contribution is 0.100. The Hall–Kier alpha value is -1.93. The first-order valence-corrected chi connectivity index (χ1v) is 6.82. The van der Waals surface area contributed by atoms with Gasteiger partial charge >= 0.3 is 0 Å². The van der Waals surface area contributed by atoms with Crippen molar-refractivity contribution in [2.24, 2.45) is 4.99 Å². The zero-order chi connectivity index (χ0) is 14.5. The molecule has 0 aliphatic rings. The number of Topliss-reactive ketones (excluding diaryl/α,β-unsaturated/α-hetero) is 1. The molecule has 0 saturated heterocycles. The maximum Gasteiger partial charge on any atom is 0.168 e. The lowest BCUT2D eigenvalue weighted by atomic mass is 10.1. The molecule has 2 rings (SSSR count). The van der Waals surface area contributed by atoms with Crippen molar-refractivity contribution in [3.63, 3.8) is 0 Å². The highest BCUT2D eigenvalue weighted by Gasteiger charge is 2.07. The number of carbonyl (C=O) groups is 1. The third-order valence-corrected chi connectivity index (χ3v) is 3.19. The van der Waals surface area contributed by atoms with E-state index in [4.69, 9.17) is 11.6 Å². The van der Waals surface area contributed by atoms with Crippen LogP contribution in [0.5, 0.6) is 0 Å². The van der Waals surface area contributed by atoms with Crippen molar-refractivity contribution in [1.82, 2.24) is 0 Å². The van der Waals surface area contributed by atoms with E-state index in [1.165, 1.54) is 5.56 Å². The predicted molar refractivity (Wildman–Crippen MR) is 84.3 cm³/mol. The molecule has 0 saturated carbocycles. The van der Waals surface area contributed by atoms with Crippen LogP contribution in [0.3, 0.4) is 0 Å². The number of aliphatic imine (C=N–C) groups is 1. The molecule has 0 fully saturated rings. The van der Waals surface area contributed by atoms with Gasteiger partial charge in [0.2, 0.25) is 0 Å². The van der Waals surface area contributed by atoms with Gasteiger partial charge in [0.05, 0.1) is 5.69 Å². The smallest absolute Gasteiger partial charge is 0.168 e. The molecular weight excluding hydrogens is 270 g/mol. The standard InChI is InChI=1S/C17H16ClNO/c1-12-3-9-16(10-4-12)19-13(2)11-17(20)14-5-7-15(18)8-6-14/h3-10H,11H2,1-2H3. The lowest BCUT2D eigenvalue weighted by Gasteiger charge is -2.02. The summed E-state index contributed by atoms with van der Waals surface area (Å²) >= 11 is 5.81. The molecule has 2 aromatic carbocycles. The first kappa shape index (κ1) is 14.5. The van der Waals surface area contributed by atoms with Crippen LogP contribution >= 0.6 is 11.6 Å². The van der Waals surface area contributed by atoms with Gasteiger partial charge in [-0.05, 0) is 50.2 Å². The van der Waals surface area contributed by atoms with E-state index in [1.807, 2.05) is 38.1 Å². The molecule has 0 amide bonds. The highest BCUT2D eigenvalue weighted by molar-refractivity contribution is 6.30. The monoisotopic (exact) mass is 285 g/mol. The van der Waals surface area contributed by atoms with Gasteiger partial charge in [0.1, 0.15) is 0 Å². The van der Waals surface area contributed by atoms with Crippen molar-refractivity contribution in [2.75, 3.05) is 0 Å². The Morgan fingerprint density at radius 2 is 1.65 bits per heavy atom. The summed E-state index contributed by atoms with van der Waals surface area (Å²) in [4.78, 5) is 16.5. The van der Waals surface area contributed by atoms with Gasteiger partial charge in [-0.25, -0.2) is 0 Å². The fourth-order valence-corrected chi connectivity index (χ4v) is 1.98. The minimum atomic E-state index is 0.0510. The highest BCUT2D eigenvalue weighted by Crippen LogP contribution is 2.15. The quantitative estimate of drug-likeness (QED) is 0.573. The van der Waals surface area contributed by atoms with Crippen LogP contribution in [0.2, 0.25) is 5.02 Å². The Balaban J connectivity index is 2.07. The molecule has 0 aliphatic heterocycles. The van der Waals surface area contributed by atoms with Crippen LogP contribution in [0.25, 0.3) is 0 Å². The molecule has 0 unspecified atom stereocenters. The van der Waals surface area contributed by atoms with Crippen molar-refractivity contribution < 1.29 is 4.79 Å². The van der Waals surface area contributed by atoms with E-state index in [0.717, 1.165) is 11.4 Å². The summed E-state index contributed by atoms with van der Waals surface area (Å²) in [7, 11) is 0. The number of carbonyl (C=O) groups excluding carboxylic acids is 1. The van der Waals surface area contributed by atoms with Gasteiger partial charge in [0, 0.05) is 22.7 Å². The maximum atomic E-state index is 12.1. The van der Waals surface area contributed by atoms with E-state index in [-0.39, 0.29) is 5.78 Å². The van der Waals surface area contributed by atoms with Crippen LogP contribution in [0.1, 0.15) is 29.3 Å². The Kier molecular flexibility index (Phi) is 4.70. The first-order chi connectivity index (χ1) is 9.54. The number of nitrogens with zero attached hydrogens (tertiary/aromatic N) is 1. The Labute approximate surface area is 124 Å². The third-order valence-electron chi connectivity index (χ3n) is 2.94. The Bertz CT molecular complexity index is 627. The van der Waals surface area contributed by atoms with Crippen LogP contribution in [0.4, 0.5) is 5.69 Å². The van der Waals surface area contributed by atoms with Crippen molar-refractivity contribution in [3.8, 4) is 0 Å². The summed E-state index contributed by atoms with van der Waals surface area (Å²) in [5.41, 5.74) is 3.53. The molecule has 0 aromatic heterocycles. The van der Waals surface area contributed by atoms with Gasteiger partial charge in [-0.2, -0.15) is 0 Å². The second-order valence-electron chi connectivity index (χ2n) is 4.79. The molecule has 20 heavy (non-hydrogen) atoms. The van der Waals surface area contributed by atoms with E-state index in [1.54, 1.807) is 24.3 Å². The average Bonchev–Trinajstić information content (AvgIpc) is 2.42. The summed E-state index contributed by atoms with van der Waals surface area (Å²) in [6.07, 6.45) is 0.315. The number of rotatable bonds is 4. The third kappa shape index (κ3) is 4.04. The SMILES string of the molecule is CC(CC(=O)c1ccc(Cl)cc1)=Nc1ccc(C)cc1. The molecule has 0 aliphatic carbocycles. The minimum Gasteiger partial charge on any atom is -0.294 e. The summed E-state index contributed by atoms with van der Waals surface area (Å²) in [6, 6.07) is 14.8. The number of benzene rings is 2. The molecule has 3 heteroatoms. The van der Waals surface area contributed by atoms with Crippen LogP contribution in [-0.2, 0) is 0 Å². The summed E-state index contributed by atoms with van der Waals surface area (Å²) in [5.74, 6) is 0.0510. The molecule has 0 N–H and O–H groups in total. The molecule has 2 aromatic rings. The van der Waals surface area contributed by atoms with Gasteiger partial charge in [-0.3, -0.25) is 9.79 Å². The number of hydrogen-bond donors (Lipinski definition) is 0. The van der Waals surface area contributed by atoms with Gasteiger partial charge in [0.25, 0.3) is 0 Å².